The minimum atomic E-state index is 0.806. The molecular formula is C5H8S. The fourth-order valence-corrected chi connectivity index (χ4v) is 2.37. The van der Waals surface area contributed by atoms with E-state index < -0.39 is 0 Å². The van der Waals surface area contributed by atoms with Crippen molar-refractivity contribution in [2.45, 2.75) is 29.8 Å². The van der Waals surface area contributed by atoms with Gasteiger partial charge >= 0.3 is 0 Å². The Hall–Kier alpha value is 0.350. The molecule has 1 saturated carbocycles. The van der Waals surface area contributed by atoms with Gasteiger partial charge in [-0.3, -0.25) is 0 Å². The summed E-state index contributed by atoms with van der Waals surface area (Å²) in [6.45, 7) is 2.37. The van der Waals surface area contributed by atoms with Gasteiger partial charge in [-0.15, -0.1) is 11.8 Å². The third kappa shape index (κ3) is 0.207. The molecule has 2 rings (SSSR count). The predicted octanol–water partition coefficient (Wildman–Crippen LogP) is 1.65. The van der Waals surface area contributed by atoms with Gasteiger partial charge in [-0.25, -0.2) is 0 Å². The van der Waals surface area contributed by atoms with Crippen LogP contribution in [0.4, 0.5) is 0 Å². The molecule has 0 bridgehead atoms. The summed E-state index contributed by atoms with van der Waals surface area (Å²) in [5.74, 6) is 0. The molecule has 34 valence electrons. The topological polar surface area (TPSA) is 0 Å². The van der Waals surface area contributed by atoms with Gasteiger partial charge in [-0.1, -0.05) is 0 Å². The maximum absolute atomic E-state index is 2.37. The Balaban J connectivity index is 2.22. The molecule has 0 amide bonds. The van der Waals surface area contributed by atoms with Crippen LogP contribution in [-0.4, -0.2) is 10.00 Å². The van der Waals surface area contributed by atoms with Gasteiger partial charge in [0.15, 0.2) is 0 Å². The van der Waals surface area contributed by atoms with Crippen molar-refractivity contribution in [1.29, 1.82) is 0 Å². The monoisotopic (exact) mass is 100 g/mol. The molecule has 0 spiro atoms. The van der Waals surface area contributed by atoms with Gasteiger partial charge in [0.1, 0.15) is 0 Å². The largest absolute Gasteiger partial charge is 0.149 e. The summed E-state index contributed by atoms with van der Waals surface area (Å²) in [6.07, 6.45) is 2.99. The Morgan fingerprint density at radius 2 is 2.50 bits per heavy atom. The third-order valence-corrected chi connectivity index (χ3v) is 3.75. The summed E-state index contributed by atoms with van der Waals surface area (Å²) < 4.78 is 0.806. The van der Waals surface area contributed by atoms with Crippen LogP contribution in [0.2, 0.25) is 0 Å². The number of thioether (sulfide) groups is 1. The molecule has 2 aliphatic rings. The highest BCUT2D eigenvalue weighted by Crippen LogP contribution is 2.66. The number of fused-ring (bicyclic) bond motifs is 1. The Morgan fingerprint density at radius 1 is 1.83 bits per heavy atom. The van der Waals surface area contributed by atoms with Gasteiger partial charge in [0, 0.05) is 10.00 Å². The molecule has 0 aromatic heterocycles. The number of rotatable bonds is 0. The molecule has 1 heterocycles. The first-order valence-electron chi connectivity index (χ1n) is 2.49. The van der Waals surface area contributed by atoms with Crippen molar-refractivity contribution in [2.24, 2.45) is 0 Å². The minimum Gasteiger partial charge on any atom is -0.149 e. The first-order chi connectivity index (χ1) is 2.81. The summed E-state index contributed by atoms with van der Waals surface area (Å²) in [5, 5.41) is 1.09. The maximum Gasteiger partial charge on any atom is 0.0254 e. The highest BCUT2D eigenvalue weighted by molar-refractivity contribution is 8.09. The van der Waals surface area contributed by atoms with Crippen molar-refractivity contribution in [1.82, 2.24) is 0 Å². The van der Waals surface area contributed by atoms with E-state index in [2.05, 4.69) is 18.7 Å². The van der Waals surface area contributed by atoms with E-state index in [0.717, 1.165) is 10.00 Å². The Bertz CT molecular complexity index is 85.9. The van der Waals surface area contributed by atoms with Crippen molar-refractivity contribution in [3.63, 3.8) is 0 Å². The second kappa shape index (κ2) is 0.664. The average Bonchev–Trinajstić information content (AvgIpc) is 1.88. The van der Waals surface area contributed by atoms with E-state index in [0.29, 0.717) is 0 Å². The molecule has 0 radical (unpaired) electrons. The molecule has 1 aliphatic heterocycles. The van der Waals surface area contributed by atoms with E-state index in [9.17, 15) is 0 Å². The predicted molar refractivity (Wildman–Crippen MR) is 29.0 cm³/mol. The molecule has 2 atom stereocenters. The van der Waals surface area contributed by atoms with Crippen molar-refractivity contribution in [2.75, 3.05) is 0 Å². The van der Waals surface area contributed by atoms with Crippen molar-refractivity contribution in [3.05, 3.63) is 0 Å². The van der Waals surface area contributed by atoms with Crippen LogP contribution in [0.5, 0.6) is 0 Å². The summed E-state index contributed by atoms with van der Waals surface area (Å²) in [6, 6.07) is 0. The lowest BCUT2D eigenvalue weighted by Gasteiger charge is -2.15. The average molecular weight is 100 g/mol. The quantitative estimate of drug-likeness (QED) is 0.417. The minimum absolute atomic E-state index is 0.806. The molecule has 0 aromatic carbocycles. The van der Waals surface area contributed by atoms with Gasteiger partial charge < -0.3 is 0 Å². The molecule has 2 unspecified atom stereocenters. The second-order valence-corrected chi connectivity index (χ2v) is 4.20. The molecule has 2 fully saturated rings. The lowest BCUT2D eigenvalue weighted by molar-refractivity contribution is 0.482. The van der Waals surface area contributed by atoms with Gasteiger partial charge in [-0.05, 0) is 19.8 Å². The second-order valence-electron chi connectivity index (χ2n) is 2.46. The van der Waals surface area contributed by atoms with Gasteiger partial charge in [0.05, 0.1) is 0 Å². The van der Waals surface area contributed by atoms with Crippen LogP contribution in [0.15, 0.2) is 0 Å². The standard InChI is InChI=1S/C5H8S/c1-5-3-2-4(5)6-5/h4H,2-3H2,1H3. The zero-order valence-electron chi connectivity index (χ0n) is 3.90. The molecule has 1 saturated heterocycles. The van der Waals surface area contributed by atoms with Crippen LogP contribution in [-0.2, 0) is 0 Å². The third-order valence-electron chi connectivity index (χ3n) is 1.94. The van der Waals surface area contributed by atoms with Crippen LogP contribution in [0.1, 0.15) is 19.8 Å². The van der Waals surface area contributed by atoms with E-state index in [1.54, 1.807) is 0 Å². The molecule has 0 aromatic rings. The summed E-state index contributed by atoms with van der Waals surface area (Å²) in [5.41, 5.74) is 0. The van der Waals surface area contributed by atoms with E-state index in [-0.39, 0.29) is 0 Å². The van der Waals surface area contributed by atoms with E-state index in [1.165, 1.54) is 12.8 Å². The summed E-state index contributed by atoms with van der Waals surface area (Å²) in [4.78, 5) is 0. The SMILES string of the molecule is CC12CCC1S2. The van der Waals surface area contributed by atoms with Gasteiger partial charge in [-0.2, -0.15) is 0 Å². The van der Waals surface area contributed by atoms with E-state index in [1.807, 2.05) is 0 Å². The van der Waals surface area contributed by atoms with Crippen molar-refractivity contribution < 1.29 is 0 Å². The molecular weight excluding hydrogens is 92.1 g/mol. The zero-order valence-corrected chi connectivity index (χ0v) is 4.72. The number of hydrogen-bond donors (Lipinski definition) is 0. The van der Waals surface area contributed by atoms with Gasteiger partial charge in [0.2, 0.25) is 0 Å². The highest BCUT2D eigenvalue weighted by Gasteiger charge is 2.58. The van der Waals surface area contributed by atoms with Crippen LogP contribution in [0.3, 0.4) is 0 Å². The molecule has 0 nitrogen and oxygen atoms in total. The summed E-state index contributed by atoms with van der Waals surface area (Å²) >= 11 is 2.16. The lowest BCUT2D eigenvalue weighted by Crippen LogP contribution is -2.19. The fourth-order valence-electron chi connectivity index (χ4n) is 1.08. The lowest BCUT2D eigenvalue weighted by atomic mass is 9.88. The molecule has 1 heteroatoms. The maximum atomic E-state index is 2.37. The van der Waals surface area contributed by atoms with E-state index >= 15 is 0 Å². The fraction of sp³-hybridized carbons (Fsp3) is 1.00. The van der Waals surface area contributed by atoms with Crippen LogP contribution in [0, 0.1) is 0 Å². The molecule has 1 aliphatic carbocycles. The Kier molecular flexibility index (Phi) is 0.372. The van der Waals surface area contributed by atoms with Crippen LogP contribution in [0.25, 0.3) is 0 Å². The molecule has 0 N–H and O–H groups in total. The first kappa shape index (κ1) is 3.36. The van der Waals surface area contributed by atoms with Gasteiger partial charge in [0.25, 0.3) is 0 Å². The Morgan fingerprint density at radius 3 is 2.50 bits per heavy atom. The van der Waals surface area contributed by atoms with Crippen LogP contribution >= 0.6 is 11.8 Å². The zero-order chi connectivity index (χ0) is 4.20. The van der Waals surface area contributed by atoms with E-state index in [4.69, 9.17) is 0 Å². The Labute approximate surface area is 42.3 Å². The smallest absolute Gasteiger partial charge is 0.0254 e. The van der Waals surface area contributed by atoms with Crippen LogP contribution < -0.4 is 0 Å². The summed E-state index contributed by atoms with van der Waals surface area (Å²) in [7, 11) is 0. The van der Waals surface area contributed by atoms with Crippen molar-refractivity contribution >= 4 is 11.8 Å². The van der Waals surface area contributed by atoms with Crippen molar-refractivity contribution in [3.8, 4) is 0 Å². The molecule has 6 heavy (non-hydrogen) atoms. The first-order valence-corrected chi connectivity index (χ1v) is 3.37. The normalized spacial score (nSPS) is 62.5. The number of hydrogen-bond acceptors (Lipinski definition) is 1. The highest BCUT2D eigenvalue weighted by atomic mass is 32.2.